The van der Waals surface area contributed by atoms with Crippen molar-refractivity contribution in [3.63, 3.8) is 0 Å². The van der Waals surface area contributed by atoms with Crippen LogP contribution in [0.5, 0.6) is 5.75 Å². The molecule has 2 N–H and O–H groups in total. The number of carbonyl (C=O) groups excluding carboxylic acids is 1. The van der Waals surface area contributed by atoms with Gasteiger partial charge in [0.15, 0.2) is 0 Å². The lowest BCUT2D eigenvalue weighted by Crippen LogP contribution is -2.30. The van der Waals surface area contributed by atoms with Gasteiger partial charge >= 0.3 is 6.03 Å². The predicted molar refractivity (Wildman–Crippen MR) is 92.9 cm³/mol. The van der Waals surface area contributed by atoms with Crippen LogP contribution in [0.15, 0.2) is 42.5 Å². The molecule has 2 rings (SSSR count). The lowest BCUT2D eigenvalue weighted by Gasteiger charge is -2.09. The number of terminal acetylenes is 1. The maximum atomic E-state index is 12.9. The summed E-state index contributed by atoms with van der Waals surface area (Å²) in [4.78, 5) is 11.8. The molecule has 6 heteroatoms. The number of hydrogen-bond acceptors (Lipinski definition) is 2. The Bertz CT molecular complexity index is 742. The summed E-state index contributed by atoms with van der Waals surface area (Å²) in [5.41, 5.74) is 1.40. The highest BCUT2D eigenvalue weighted by Crippen LogP contribution is 2.22. The molecule has 0 fully saturated rings. The molecule has 24 heavy (non-hydrogen) atoms. The SMILES string of the molecule is C#CCOc1ccc(CCNC(=O)Nc2ccc(F)cc2Cl)cc1. The summed E-state index contributed by atoms with van der Waals surface area (Å²) in [5.74, 6) is 2.64. The van der Waals surface area contributed by atoms with Crippen LogP contribution in [0.25, 0.3) is 0 Å². The van der Waals surface area contributed by atoms with Gasteiger partial charge in [-0.25, -0.2) is 9.18 Å². The monoisotopic (exact) mass is 346 g/mol. The van der Waals surface area contributed by atoms with Crippen molar-refractivity contribution >= 4 is 23.3 Å². The van der Waals surface area contributed by atoms with E-state index in [1.165, 1.54) is 12.1 Å². The minimum atomic E-state index is -0.458. The van der Waals surface area contributed by atoms with Crippen LogP contribution in [0.2, 0.25) is 5.02 Å². The summed E-state index contributed by atoms with van der Waals surface area (Å²) < 4.78 is 18.2. The predicted octanol–water partition coefficient (Wildman–Crippen LogP) is 3.86. The molecule has 0 saturated carbocycles. The van der Waals surface area contributed by atoms with E-state index >= 15 is 0 Å². The molecular weight excluding hydrogens is 331 g/mol. The molecule has 0 saturated heterocycles. The van der Waals surface area contributed by atoms with Gasteiger partial charge in [-0.3, -0.25) is 0 Å². The molecule has 0 spiro atoms. The van der Waals surface area contributed by atoms with Crippen LogP contribution in [0, 0.1) is 18.2 Å². The largest absolute Gasteiger partial charge is 0.481 e. The Balaban J connectivity index is 1.77. The molecule has 0 unspecified atom stereocenters. The molecule has 0 atom stereocenters. The zero-order chi connectivity index (χ0) is 17.4. The minimum Gasteiger partial charge on any atom is -0.481 e. The molecule has 2 amide bonds. The highest BCUT2D eigenvalue weighted by molar-refractivity contribution is 6.33. The molecule has 0 aliphatic heterocycles. The number of halogens is 2. The van der Waals surface area contributed by atoms with Crippen molar-refractivity contribution in [2.45, 2.75) is 6.42 Å². The fraction of sp³-hybridized carbons (Fsp3) is 0.167. The molecule has 4 nitrogen and oxygen atoms in total. The van der Waals surface area contributed by atoms with Crippen molar-refractivity contribution in [1.29, 1.82) is 0 Å². The maximum Gasteiger partial charge on any atom is 0.319 e. The number of rotatable bonds is 6. The number of nitrogens with one attached hydrogen (secondary N) is 2. The lowest BCUT2D eigenvalue weighted by atomic mass is 10.1. The molecule has 2 aromatic carbocycles. The molecule has 124 valence electrons. The molecule has 0 bridgehead atoms. The molecular formula is C18H16ClFN2O2. The topological polar surface area (TPSA) is 50.4 Å². The van der Waals surface area contributed by atoms with Crippen LogP contribution >= 0.6 is 11.6 Å². The summed E-state index contributed by atoms with van der Waals surface area (Å²) in [7, 11) is 0. The Kier molecular flexibility index (Phi) is 6.47. The van der Waals surface area contributed by atoms with Gasteiger partial charge in [-0.15, -0.1) is 6.42 Å². The Labute approximate surface area is 145 Å². The quantitative estimate of drug-likeness (QED) is 0.780. The average molecular weight is 347 g/mol. The standard InChI is InChI=1S/C18H16ClFN2O2/c1-2-11-24-15-6-3-13(4-7-15)9-10-21-18(23)22-17-8-5-14(20)12-16(17)19/h1,3-8,12H,9-11H2,(H2,21,22,23). The summed E-state index contributed by atoms with van der Waals surface area (Å²) in [6, 6.07) is 10.8. The van der Waals surface area contributed by atoms with E-state index in [1.54, 1.807) is 0 Å². The summed E-state index contributed by atoms with van der Waals surface area (Å²) >= 11 is 5.85. The van der Waals surface area contributed by atoms with Crippen LogP contribution in [-0.4, -0.2) is 19.2 Å². The van der Waals surface area contributed by atoms with Crippen LogP contribution in [0.4, 0.5) is 14.9 Å². The van der Waals surface area contributed by atoms with E-state index in [9.17, 15) is 9.18 Å². The van der Waals surface area contributed by atoms with E-state index in [4.69, 9.17) is 22.8 Å². The number of carbonyl (C=O) groups is 1. The van der Waals surface area contributed by atoms with Gasteiger partial charge in [0.2, 0.25) is 0 Å². The Morgan fingerprint density at radius 1 is 1.25 bits per heavy atom. The van der Waals surface area contributed by atoms with Gasteiger partial charge in [-0.1, -0.05) is 29.7 Å². The number of urea groups is 1. The van der Waals surface area contributed by atoms with Crippen molar-refractivity contribution in [3.05, 3.63) is 58.9 Å². The van der Waals surface area contributed by atoms with Gasteiger partial charge in [-0.05, 0) is 42.3 Å². The van der Waals surface area contributed by atoms with E-state index < -0.39 is 11.8 Å². The number of hydrogen-bond donors (Lipinski definition) is 2. The third-order valence-corrected chi connectivity index (χ3v) is 3.44. The third kappa shape index (κ3) is 5.49. The van der Waals surface area contributed by atoms with Gasteiger partial charge in [0.05, 0.1) is 10.7 Å². The third-order valence-electron chi connectivity index (χ3n) is 3.12. The first-order chi connectivity index (χ1) is 11.6. The first kappa shape index (κ1) is 17.6. The van der Waals surface area contributed by atoms with Gasteiger partial charge in [0, 0.05) is 6.54 Å². The fourth-order valence-corrected chi connectivity index (χ4v) is 2.17. The second kappa shape index (κ2) is 8.80. The smallest absolute Gasteiger partial charge is 0.319 e. The second-order valence-corrected chi connectivity index (χ2v) is 5.30. The summed E-state index contributed by atoms with van der Waals surface area (Å²) in [6.45, 7) is 0.669. The second-order valence-electron chi connectivity index (χ2n) is 4.89. The number of amides is 2. The van der Waals surface area contributed by atoms with E-state index in [-0.39, 0.29) is 11.6 Å². The van der Waals surface area contributed by atoms with E-state index in [2.05, 4.69) is 16.6 Å². The molecule has 0 aromatic heterocycles. The Morgan fingerprint density at radius 2 is 2.00 bits per heavy atom. The summed E-state index contributed by atoms with van der Waals surface area (Å²) in [6.07, 6.45) is 5.78. The van der Waals surface area contributed by atoms with Crippen molar-refractivity contribution in [2.75, 3.05) is 18.5 Å². The highest BCUT2D eigenvalue weighted by Gasteiger charge is 2.06. The zero-order valence-corrected chi connectivity index (χ0v) is 13.6. The summed E-state index contributed by atoms with van der Waals surface area (Å²) in [5, 5.41) is 5.42. The maximum absolute atomic E-state index is 12.9. The van der Waals surface area contributed by atoms with Crippen molar-refractivity contribution in [2.24, 2.45) is 0 Å². The first-order valence-electron chi connectivity index (χ1n) is 7.23. The van der Waals surface area contributed by atoms with E-state index in [1.807, 2.05) is 24.3 Å². The number of ether oxygens (including phenoxy) is 1. The van der Waals surface area contributed by atoms with E-state index in [0.29, 0.717) is 24.4 Å². The molecule has 2 aromatic rings. The molecule has 0 heterocycles. The Hall–Kier alpha value is -2.71. The lowest BCUT2D eigenvalue weighted by molar-refractivity contribution is 0.252. The van der Waals surface area contributed by atoms with Crippen molar-refractivity contribution in [1.82, 2.24) is 5.32 Å². The Morgan fingerprint density at radius 3 is 2.67 bits per heavy atom. The normalized spacial score (nSPS) is 9.88. The van der Waals surface area contributed by atoms with Gasteiger partial charge in [0.1, 0.15) is 18.2 Å². The van der Waals surface area contributed by atoms with Crippen LogP contribution in [0.1, 0.15) is 5.56 Å². The zero-order valence-electron chi connectivity index (χ0n) is 12.8. The molecule has 0 aliphatic carbocycles. The van der Waals surface area contributed by atoms with Crippen molar-refractivity contribution < 1.29 is 13.9 Å². The number of anilines is 1. The fourth-order valence-electron chi connectivity index (χ4n) is 1.96. The van der Waals surface area contributed by atoms with Crippen LogP contribution in [-0.2, 0) is 6.42 Å². The van der Waals surface area contributed by atoms with Gasteiger partial charge < -0.3 is 15.4 Å². The highest BCUT2D eigenvalue weighted by atomic mass is 35.5. The van der Waals surface area contributed by atoms with Gasteiger partial charge in [-0.2, -0.15) is 0 Å². The van der Waals surface area contributed by atoms with Crippen LogP contribution < -0.4 is 15.4 Å². The average Bonchev–Trinajstić information content (AvgIpc) is 2.57. The molecule has 0 radical (unpaired) electrons. The minimum absolute atomic E-state index is 0.146. The number of benzene rings is 2. The van der Waals surface area contributed by atoms with Gasteiger partial charge in [0.25, 0.3) is 0 Å². The van der Waals surface area contributed by atoms with Crippen molar-refractivity contribution in [3.8, 4) is 18.1 Å². The van der Waals surface area contributed by atoms with E-state index in [0.717, 1.165) is 11.6 Å². The van der Waals surface area contributed by atoms with Crippen LogP contribution in [0.3, 0.4) is 0 Å². The molecule has 0 aliphatic rings. The first-order valence-corrected chi connectivity index (χ1v) is 7.61.